The van der Waals surface area contributed by atoms with Crippen LogP contribution in [-0.4, -0.2) is 56.4 Å². The van der Waals surface area contributed by atoms with Gasteiger partial charge < -0.3 is 19.4 Å². The van der Waals surface area contributed by atoms with E-state index in [0.29, 0.717) is 41.8 Å². The monoisotopic (exact) mass is 476 g/mol. The number of pyridine rings is 2. The number of nitrogens with one attached hydrogen (secondary N) is 2. The van der Waals surface area contributed by atoms with Crippen molar-refractivity contribution in [3.63, 3.8) is 0 Å². The third kappa shape index (κ3) is 4.28. The van der Waals surface area contributed by atoms with E-state index in [9.17, 15) is 0 Å². The smallest absolute Gasteiger partial charge is 0.231 e. The van der Waals surface area contributed by atoms with E-state index in [4.69, 9.17) is 19.1 Å². The number of morpholine rings is 1. The van der Waals surface area contributed by atoms with Crippen LogP contribution in [0, 0.1) is 0 Å². The number of fused-ring (bicyclic) bond motifs is 1. The molecule has 10 nitrogen and oxygen atoms in total. The minimum atomic E-state index is 0. The van der Waals surface area contributed by atoms with E-state index in [-0.39, 0.29) is 12.4 Å². The summed E-state index contributed by atoms with van der Waals surface area (Å²) in [5.74, 6) is 2.50. The van der Waals surface area contributed by atoms with Crippen LogP contribution in [0.2, 0.25) is 0 Å². The second-order valence-corrected chi connectivity index (χ2v) is 7.54. The molecular formula is C23H21ClN8O2. The number of aromatic nitrogens is 6. The van der Waals surface area contributed by atoms with Crippen LogP contribution in [0.1, 0.15) is 0 Å². The van der Waals surface area contributed by atoms with Crippen LogP contribution < -0.4 is 10.2 Å². The van der Waals surface area contributed by atoms with Crippen molar-refractivity contribution < 1.29 is 9.15 Å². The topological polar surface area (TPSA) is 118 Å². The largest absolute Gasteiger partial charge is 0.449 e. The zero-order chi connectivity index (χ0) is 22.0. The maximum atomic E-state index is 6.18. The van der Waals surface area contributed by atoms with Crippen molar-refractivity contribution in [3.8, 4) is 22.7 Å². The van der Waals surface area contributed by atoms with Gasteiger partial charge in [-0.25, -0.2) is 4.98 Å². The van der Waals surface area contributed by atoms with Gasteiger partial charge in [-0.05, 0) is 24.3 Å². The number of H-pyrrole nitrogens is 1. The van der Waals surface area contributed by atoms with Crippen LogP contribution in [0.15, 0.2) is 65.5 Å². The minimum Gasteiger partial charge on any atom is -0.449 e. The molecule has 5 aromatic rings. The first-order valence-electron chi connectivity index (χ1n) is 10.6. The molecule has 0 unspecified atom stereocenters. The molecule has 11 heteroatoms. The lowest BCUT2D eigenvalue weighted by Gasteiger charge is -2.27. The third-order valence-corrected chi connectivity index (χ3v) is 5.38. The third-order valence-electron chi connectivity index (χ3n) is 5.38. The molecule has 0 spiro atoms. The summed E-state index contributed by atoms with van der Waals surface area (Å²) in [5, 5.41) is 10.6. The summed E-state index contributed by atoms with van der Waals surface area (Å²) < 4.78 is 11.7. The summed E-state index contributed by atoms with van der Waals surface area (Å²) in [6.07, 6.45) is 5.21. The molecule has 2 N–H and O–H groups in total. The molecule has 0 aromatic carbocycles. The van der Waals surface area contributed by atoms with E-state index in [2.05, 4.69) is 30.4 Å². The molecule has 0 saturated carbocycles. The Bertz CT molecular complexity index is 1380. The zero-order valence-electron chi connectivity index (χ0n) is 18.0. The molecule has 5 aromatic heterocycles. The molecule has 0 bridgehead atoms. The zero-order valence-corrected chi connectivity index (χ0v) is 18.8. The van der Waals surface area contributed by atoms with E-state index in [1.165, 1.54) is 0 Å². The van der Waals surface area contributed by atoms with Crippen LogP contribution >= 0.6 is 12.4 Å². The number of anilines is 3. The van der Waals surface area contributed by atoms with Crippen LogP contribution in [-0.2, 0) is 4.74 Å². The Hall–Kier alpha value is -4.02. The highest BCUT2D eigenvalue weighted by molar-refractivity contribution is 5.89. The predicted molar refractivity (Wildman–Crippen MR) is 130 cm³/mol. The van der Waals surface area contributed by atoms with Crippen molar-refractivity contribution in [2.24, 2.45) is 0 Å². The summed E-state index contributed by atoms with van der Waals surface area (Å²) in [6.45, 7) is 2.72. The summed E-state index contributed by atoms with van der Waals surface area (Å²) in [6, 6.07) is 13.3. The number of hydrogen-bond donors (Lipinski definition) is 2. The van der Waals surface area contributed by atoms with Crippen LogP contribution in [0.3, 0.4) is 0 Å². The van der Waals surface area contributed by atoms with Crippen LogP contribution in [0.5, 0.6) is 0 Å². The Morgan fingerprint density at radius 1 is 0.941 bits per heavy atom. The Morgan fingerprint density at radius 2 is 1.79 bits per heavy atom. The molecule has 6 rings (SSSR count). The van der Waals surface area contributed by atoms with Crippen molar-refractivity contribution in [2.45, 2.75) is 0 Å². The van der Waals surface area contributed by atoms with E-state index >= 15 is 0 Å². The first-order chi connectivity index (χ1) is 16.3. The van der Waals surface area contributed by atoms with Crippen molar-refractivity contribution >= 4 is 41.1 Å². The van der Waals surface area contributed by atoms with Gasteiger partial charge in [0.2, 0.25) is 5.95 Å². The lowest BCUT2D eigenvalue weighted by Crippen LogP contribution is -2.37. The highest BCUT2D eigenvalue weighted by Crippen LogP contribution is 2.33. The lowest BCUT2D eigenvalue weighted by molar-refractivity contribution is 0.122. The maximum Gasteiger partial charge on any atom is 0.231 e. The SMILES string of the molecule is Cl.c1ccc(-c2cc3nc(Nc4cc(-c5ccncc5)n[nH]4)nc(N4CCOCC4)c3o2)nc1. The van der Waals surface area contributed by atoms with E-state index in [1.54, 1.807) is 18.6 Å². The number of furan rings is 1. The summed E-state index contributed by atoms with van der Waals surface area (Å²) in [5.41, 5.74) is 3.84. The number of nitrogens with zero attached hydrogens (tertiary/aromatic N) is 6. The molecule has 34 heavy (non-hydrogen) atoms. The Kier molecular flexibility index (Phi) is 6.07. The number of ether oxygens (including phenoxy) is 1. The van der Waals surface area contributed by atoms with Gasteiger partial charge in [0.05, 0.1) is 18.9 Å². The fraction of sp³-hybridized carbons (Fsp3) is 0.174. The molecule has 0 atom stereocenters. The molecule has 0 radical (unpaired) electrons. The van der Waals surface area contributed by atoms with Crippen molar-refractivity contribution in [2.75, 3.05) is 36.5 Å². The minimum absolute atomic E-state index is 0. The normalized spacial score (nSPS) is 13.6. The van der Waals surface area contributed by atoms with Crippen LogP contribution in [0.4, 0.5) is 17.6 Å². The average molecular weight is 477 g/mol. The summed E-state index contributed by atoms with van der Waals surface area (Å²) >= 11 is 0. The van der Waals surface area contributed by atoms with Gasteiger partial charge >= 0.3 is 0 Å². The quantitative estimate of drug-likeness (QED) is 0.387. The highest BCUT2D eigenvalue weighted by atomic mass is 35.5. The molecule has 0 amide bonds. The Balaban J connectivity index is 0.00000241. The molecule has 6 heterocycles. The maximum absolute atomic E-state index is 6.18. The van der Waals surface area contributed by atoms with Crippen molar-refractivity contribution in [3.05, 3.63) is 61.1 Å². The van der Waals surface area contributed by atoms with Gasteiger partial charge in [-0.1, -0.05) is 6.07 Å². The fourth-order valence-corrected chi connectivity index (χ4v) is 3.77. The van der Waals surface area contributed by atoms with E-state index < -0.39 is 0 Å². The van der Waals surface area contributed by atoms with Gasteiger partial charge in [0.15, 0.2) is 17.2 Å². The summed E-state index contributed by atoms with van der Waals surface area (Å²) in [4.78, 5) is 20.1. The first-order valence-corrected chi connectivity index (χ1v) is 10.6. The lowest BCUT2D eigenvalue weighted by atomic mass is 10.2. The number of halogens is 1. The number of rotatable bonds is 5. The first kappa shape index (κ1) is 21.8. The fourth-order valence-electron chi connectivity index (χ4n) is 3.77. The average Bonchev–Trinajstić information content (AvgIpc) is 3.53. The van der Waals surface area contributed by atoms with Crippen molar-refractivity contribution in [1.82, 2.24) is 30.1 Å². The van der Waals surface area contributed by atoms with Gasteiger partial charge in [-0.15, -0.1) is 12.4 Å². The Labute approximate surface area is 200 Å². The highest BCUT2D eigenvalue weighted by Gasteiger charge is 2.22. The molecular weight excluding hydrogens is 456 g/mol. The second kappa shape index (κ2) is 9.46. The van der Waals surface area contributed by atoms with Gasteiger partial charge in [-0.2, -0.15) is 10.1 Å². The van der Waals surface area contributed by atoms with E-state index in [0.717, 1.165) is 35.9 Å². The van der Waals surface area contributed by atoms with E-state index in [1.807, 2.05) is 42.5 Å². The van der Waals surface area contributed by atoms with Crippen LogP contribution in [0.25, 0.3) is 33.8 Å². The molecule has 1 aliphatic rings. The molecule has 1 saturated heterocycles. The van der Waals surface area contributed by atoms with Gasteiger partial charge in [0.25, 0.3) is 0 Å². The van der Waals surface area contributed by atoms with Gasteiger partial charge in [0, 0.05) is 49.4 Å². The molecule has 1 fully saturated rings. The second-order valence-electron chi connectivity index (χ2n) is 7.54. The molecule has 172 valence electrons. The van der Waals surface area contributed by atoms with Crippen molar-refractivity contribution in [1.29, 1.82) is 0 Å². The van der Waals surface area contributed by atoms with Gasteiger partial charge in [0.1, 0.15) is 17.0 Å². The Morgan fingerprint density at radius 3 is 2.59 bits per heavy atom. The number of hydrogen-bond acceptors (Lipinski definition) is 9. The standard InChI is InChI=1S/C23H20N8O2.ClH/c1-2-6-25-16(3-1)19-13-18-21(33-19)22(31-9-11-32-12-10-31)28-23(26-18)27-20-14-17(29-30-20)15-4-7-24-8-5-15;/h1-8,13-14H,9-12H2,(H2,26,27,28,29,30);1H. The number of aromatic amines is 1. The molecule has 0 aliphatic carbocycles. The summed E-state index contributed by atoms with van der Waals surface area (Å²) in [7, 11) is 0. The predicted octanol–water partition coefficient (Wildman–Crippen LogP) is 4.07. The molecule has 1 aliphatic heterocycles. The van der Waals surface area contributed by atoms with Gasteiger partial charge in [-0.3, -0.25) is 15.1 Å².